The van der Waals surface area contributed by atoms with E-state index in [2.05, 4.69) is 38.1 Å². The molecule has 1 aliphatic rings. The molecule has 2 heterocycles. The number of aromatic nitrogens is 1. The topological polar surface area (TPSA) is 55.7 Å². The molecular weight excluding hydrogens is 398 g/mol. The predicted molar refractivity (Wildman–Crippen MR) is 104 cm³/mol. The summed E-state index contributed by atoms with van der Waals surface area (Å²) in [5.74, 6) is 1.48. The highest BCUT2D eigenvalue weighted by Crippen LogP contribution is 2.39. The van der Waals surface area contributed by atoms with E-state index in [0.29, 0.717) is 13.1 Å². The number of amides is 2. The van der Waals surface area contributed by atoms with Gasteiger partial charge in [-0.3, -0.25) is 0 Å². The molecule has 2 aromatic rings. The minimum atomic E-state index is -0.229. The third-order valence-electron chi connectivity index (χ3n) is 4.62. The van der Waals surface area contributed by atoms with Crippen molar-refractivity contribution in [2.45, 2.75) is 19.0 Å². The van der Waals surface area contributed by atoms with Gasteiger partial charge in [-0.25, -0.2) is 4.79 Å². The summed E-state index contributed by atoms with van der Waals surface area (Å²) in [6.07, 6.45) is 2.94. The van der Waals surface area contributed by atoms with Gasteiger partial charge in [-0.05, 0) is 36.8 Å². The molecule has 140 valence electrons. The summed E-state index contributed by atoms with van der Waals surface area (Å²) in [7, 11) is 3.29. The molecular formula is C19H24BrN3O3. The van der Waals surface area contributed by atoms with Crippen LogP contribution in [0.3, 0.4) is 0 Å². The maximum atomic E-state index is 12.9. The van der Waals surface area contributed by atoms with Crippen LogP contribution in [0.15, 0.2) is 36.5 Å². The zero-order valence-electron chi connectivity index (χ0n) is 15.1. The zero-order valence-corrected chi connectivity index (χ0v) is 16.7. The second kappa shape index (κ2) is 8.49. The third-order valence-corrected chi connectivity index (χ3v) is 5.18. The van der Waals surface area contributed by atoms with Crippen molar-refractivity contribution in [1.82, 2.24) is 14.8 Å². The number of hydrogen-bond donors (Lipinski definition) is 1. The molecule has 0 saturated carbocycles. The number of benzene rings is 1. The van der Waals surface area contributed by atoms with Crippen LogP contribution in [0.25, 0.3) is 0 Å². The zero-order chi connectivity index (χ0) is 18.5. The van der Waals surface area contributed by atoms with Gasteiger partial charge in [0.25, 0.3) is 0 Å². The van der Waals surface area contributed by atoms with E-state index in [1.807, 2.05) is 29.2 Å². The van der Waals surface area contributed by atoms with E-state index >= 15 is 0 Å². The molecule has 0 radical (unpaired) electrons. The normalized spacial score (nSPS) is 16.1. The number of alkyl halides is 1. The van der Waals surface area contributed by atoms with Crippen molar-refractivity contribution < 1.29 is 14.3 Å². The fraction of sp³-hybridized carbons (Fsp3) is 0.421. The molecule has 0 saturated heterocycles. The minimum Gasteiger partial charge on any atom is -0.497 e. The highest BCUT2D eigenvalue weighted by atomic mass is 79.9. The lowest BCUT2D eigenvalue weighted by atomic mass is 9.98. The predicted octanol–water partition coefficient (Wildman–Crippen LogP) is 3.40. The molecule has 0 spiro atoms. The first-order valence-electron chi connectivity index (χ1n) is 8.67. The van der Waals surface area contributed by atoms with Gasteiger partial charge in [-0.15, -0.1) is 0 Å². The summed E-state index contributed by atoms with van der Waals surface area (Å²) in [6, 6.07) is 9.48. The molecule has 6 nitrogen and oxygen atoms in total. The van der Waals surface area contributed by atoms with E-state index < -0.39 is 0 Å². The van der Waals surface area contributed by atoms with Crippen LogP contribution in [-0.2, 0) is 6.54 Å². The van der Waals surface area contributed by atoms with Gasteiger partial charge in [0.15, 0.2) is 0 Å². The molecule has 0 bridgehead atoms. The first-order chi connectivity index (χ1) is 12.7. The smallest absolute Gasteiger partial charge is 0.318 e. The Bertz CT molecular complexity index is 762. The fourth-order valence-corrected chi connectivity index (χ4v) is 3.63. The number of nitrogens with one attached hydrogen (secondary N) is 1. The van der Waals surface area contributed by atoms with Gasteiger partial charge in [-0.1, -0.05) is 15.9 Å². The van der Waals surface area contributed by atoms with Crippen LogP contribution in [0.2, 0.25) is 0 Å². The fourth-order valence-electron chi connectivity index (χ4n) is 3.35. The quantitative estimate of drug-likeness (QED) is 0.574. The molecule has 1 aliphatic heterocycles. The van der Waals surface area contributed by atoms with E-state index in [0.717, 1.165) is 41.1 Å². The van der Waals surface area contributed by atoms with E-state index in [1.165, 1.54) is 0 Å². The van der Waals surface area contributed by atoms with Crippen molar-refractivity contribution in [2.75, 3.05) is 32.6 Å². The molecule has 1 aromatic heterocycles. The molecule has 2 amide bonds. The van der Waals surface area contributed by atoms with Gasteiger partial charge in [0, 0.05) is 42.4 Å². The van der Waals surface area contributed by atoms with Crippen LogP contribution in [0.4, 0.5) is 4.79 Å². The molecule has 1 atom stereocenters. The lowest BCUT2D eigenvalue weighted by Crippen LogP contribution is -2.47. The number of urea groups is 1. The van der Waals surface area contributed by atoms with Gasteiger partial charge in [0.1, 0.15) is 17.5 Å². The molecule has 1 aromatic carbocycles. The van der Waals surface area contributed by atoms with Crippen LogP contribution < -0.4 is 14.8 Å². The number of ether oxygens (including phenoxy) is 2. The first-order valence-corrected chi connectivity index (χ1v) is 9.79. The van der Waals surface area contributed by atoms with Crippen molar-refractivity contribution in [3.8, 4) is 11.5 Å². The summed E-state index contributed by atoms with van der Waals surface area (Å²) >= 11 is 3.40. The average Bonchev–Trinajstić information content (AvgIpc) is 3.15. The molecule has 26 heavy (non-hydrogen) atoms. The number of nitrogens with zero attached hydrogens (tertiary/aromatic N) is 2. The van der Waals surface area contributed by atoms with Crippen molar-refractivity contribution in [1.29, 1.82) is 0 Å². The lowest BCUT2D eigenvalue weighted by molar-refractivity contribution is 0.167. The highest BCUT2D eigenvalue weighted by Gasteiger charge is 2.34. The van der Waals surface area contributed by atoms with Crippen molar-refractivity contribution >= 4 is 22.0 Å². The number of halogens is 1. The maximum Gasteiger partial charge on any atom is 0.318 e. The number of hydrogen-bond acceptors (Lipinski definition) is 3. The average molecular weight is 422 g/mol. The SMILES string of the molecule is COc1ccc(OC)c([C@@H]2c3cccn3CCN2C(=O)NCCCBr)c1. The van der Waals surface area contributed by atoms with E-state index in [4.69, 9.17) is 9.47 Å². The summed E-state index contributed by atoms with van der Waals surface area (Å²) in [6.45, 7) is 2.05. The van der Waals surface area contributed by atoms with Gasteiger partial charge in [0.05, 0.1) is 14.2 Å². The largest absolute Gasteiger partial charge is 0.497 e. The first kappa shape index (κ1) is 18.6. The molecule has 1 N–H and O–H groups in total. The highest BCUT2D eigenvalue weighted by molar-refractivity contribution is 9.09. The Morgan fingerprint density at radius 1 is 1.27 bits per heavy atom. The molecule has 3 rings (SSSR count). The molecule has 0 unspecified atom stereocenters. The van der Waals surface area contributed by atoms with Crippen LogP contribution in [0.1, 0.15) is 23.7 Å². The Balaban J connectivity index is 2.00. The second-order valence-electron chi connectivity index (χ2n) is 6.10. The van der Waals surface area contributed by atoms with Gasteiger partial charge in [0.2, 0.25) is 0 Å². The number of methoxy groups -OCH3 is 2. The standard InChI is InChI=1S/C19H24BrN3O3/c1-25-14-6-7-17(26-2)15(13-14)18-16-5-3-10-22(16)11-12-23(18)19(24)21-9-4-8-20/h3,5-7,10,13,18H,4,8-9,11-12H2,1-2H3,(H,21,24)/t18-/m1/s1. The monoisotopic (exact) mass is 421 g/mol. The summed E-state index contributed by atoms with van der Waals surface area (Å²) in [4.78, 5) is 14.7. The van der Waals surface area contributed by atoms with Gasteiger partial charge < -0.3 is 24.3 Å². The van der Waals surface area contributed by atoms with Crippen molar-refractivity contribution in [3.63, 3.8) is 0 Å². The maximum absolute atomic E-state index is 12.9. The molecule has 0 aliphatic carbocycles. The second-order valence-corrected chi connectivity index (χ2v) is 6.90. The molecule has 0 fully saturated rings. The minimum absolute atomic E-state index is 0.0618. The van der Waals surface area contributed by atoms with Crippen LogP contribution in [0.5, 0.6) is 11.5 Å². The van der Waals surface area contributed by atoms with Crippen LogP contribution >= 0.6 is 15.9 Å². The van der Waals surface area contributed by atoms with Crippen molar-refractivity contribution in [2.24, 2.45) is 0 Å². The van der Waals surface area contributed by atoms with E-state index in [-0.39, 0.29) is 12.1 Å². The summed E-state index contributed by atoms with van der Waals surface area (Å²) in [5.41, 5.74) is 1.99. The van der Waals surface area contributed by atoms with Gasteiger partial charge in [-0.2, -0.15) is 0 Å². The van der Waals surface area contributed by atoms with Crippen molar-refractivity contribution in [3.05, 3.63) is 47.8 Å². The van der Waals surface area contributed by atoms with E-state index in [9.17, 15) is 4.79 Å². The summed E-state index contributed by atoms with van der Waals surface area (Å²) in [5, 5.41) is 3.88. The van der Waals surface area contributed by atoms with E-state index in [1.54, 1.807) is 14.2 Å². The van der Waals surface area contributed by atoms with Crippen LogP contribution in [0, 0.1) is 0 Å². The third kappa shape index (κ3) is 3.67. The lowest BCUT2D eigenvalue weighted by Gasteiger charge is -2.37. The molecule has 7 heteroatoms. The Morgan fingerprint density at radius 2 is 2.12 bits per heavy atom. The number of fused-ring (bicyclic) bond motifs is 1. The number of carbonyl (C=O) groups is 1. The number of carbonyl (C=O) groups excluding carboxylic acids is 1. The Kier molecular flexibility index (Phi) is 6.08. The Morgan fingerprint density at radius 3 is 2.85 bits per heavy atom. The number of rotatable bonds is 6. The Hall–Kier alpha value is -2.15. The van der Waals surface area contributed by atoms with Crippen LogP contribution in [-0.4, -0.2) is 48.1 Å². The van der Waals surface area contributed by atoms with Gasteiger partial charge >= 0.3 is 6.03 Å². The summed E-state index contributed by atoms with van der Waals surface area (Å²) < 4.78 is 13.2. The Labute approximate surface area is 162 Å².